The van der Waals surface area contributed by atoms with Gasteiger partial charge in [0.05, 0.1) is 24.3 Å². The molecule has 2 atom stereocenters. The third kappa shape index (κ3) is 2.68. The van der Waals surface area contributed by atoms with E-state index in [-0.39, 0.29) is 22.2 Å². The molecule has 3 rings (SSSR count). The number of methoxy groups -OCH3 is 1. The molecule has 0 spiro atoms. The number of nitriles is 1. The fourth-order valence-electron chi connectivity index (χ4n) is 3.64. The van der Waals surface area contributed by atoms with Gasteiger partial charge in [-0.2, -0.15) is 5.26 Å². The molecule has 2 fully saturated rings. The highest BCUT2D eigenvalue weighted by molar-refractivity contribution is 7.86. The van der Waals surface area contributed by atoms with Crippen molar-refractivity contribution in [1.82, 2.24) is 0 Å². The molecule has 0 saturated carbocycles. The highest BCUT2D eigenvalue weighted by Crippen LogP contribution is 2.39. The molecule has 0 N–H and O–H groups in total. The van der Waals surface area contributed by atoms with Gasteiger partial charge in [-0.25, -0.2) is 0 Å². The number of ketones is 1. The summed E-state index contributed by atoms with van der Waals surface area (Å²) in [6, 6.07) is 7.01. The van der Waals surface area contributed by atoms with Crippen molar-refractivity contribution >= 4 is 16.6 Å². The number of fused-ring (bicyclic) bond motifs is 2. The fraction of sp³-hybridized carbons (Fsp3) is 0.529. The van der Waals surface area contributed by atoms with E-state index in [9.17, 15) is 9.00 Å². The smallest absolute Gasteiger partial charge is 0.169 e. The molecular weight excluding hydrogens is 298 g/mol. The van der Waals surface area contributed by atoms with Gasteiger partial charge in [0.25, 0.3) is 0 Å². The van der Waals surface area contributed by atoms with Crippen LogP contribution in [-0.2, 0) is 10.8 Å². The van der Waals surface area contributed by atoms with Crippen LogP contribution in [0.4, 0.5) is 0 Å². The van der Waals surface area contributed by atoms with E-state index in [0.29, 0.717) is 29.7 Å². The summed E-state index contributed by atoms with van der Waals surface area (Å²) in [5, 5.41) is 9.36. The maximum atomic E-state index is 12.9. The molecule has 0 radical (unpaired) electrons. The molecule has 1 aromatic carbocycles. The average molecular weight is 317 g/mol. The maximum absolute atomic E-state index is 12.9. The Morgan fingerprint density at radius 3 is 2.59 bits per heavy atom. The van der Waals surface area contributed by atoms with Crippen LogP contribution in [0, 0.1) is 17.2 Å². The Morgan fingerprint density at radius 2 is 2.00 bits per heavy atom. The van der Waals surface area contributed by atoms with Gasteiger partial charge in [-0.15, -0.1) is 0 Å². The molecule has 1 aromatic rings. The molecule has 116 valence electrons. The van der Waals surface area contributed by atoms with Gasteiger partial charge in [-0.05, 0) is 43.9 Å². The number of rotatable bonds is 3. The van der Waals surface area contributed by atoms with Gasteiger partial charge in [0.2, 0.25) is 0 Å². The highest BCUT2D eigenvalue weighted by atomic mass is 32.2. The highest BCUT2D eigenvalue weighted by Gasteiger charge is 2.41. The van der Waals surface area contributed by atoms with E-state index < -0.39 is 10.8 Å². The van der Waals surface area contributed by atoms with Gasteiger partial charge in [0.15, 0.2) is 5.78 Å². The lowest BCUT2D eigenvalue weighted by Crippen LogP contribution is -2.41. The van der Waals surface area contributed by atoms with Crippen molar-refractivity contribution in [1.29, 1.82) is 5.26 Å². The van der Waals surface area contributed by atoms with Crippen LogP contribution in [0.5, 0.6) is 5.75 Å². The number of hydrogen-bond donors (Lipinski definition) is 0. The van der Waals surface area contributed by atoms with Crippen LogP contribution in [0.25, 0.3) is 0 Å². The van der Waals surface area contributed by atoms with Crippen molar-refractivity contribution in [2.45, 2.75) is 42.6 Å². The first kappa shape index (κ1) is 15.2. The molecule has 0 amide bonds. The van der Waals surface area contributed by atoms with Crippen LogP contribution in [0.2, 0.25) is 0 Å². The SMILES string of the molecule is COc1ccc(C#N)cc1C(=O)C1CC2CCCC(C1)S2=O. The summed E-state index contributed by atoms with van der Waals surface area (Å²) in [7, 11) is 0.752. The maximum Gasteiger partial charge on any atom is 0.169 e. The van der Waals surface area contributed by atoms with Crippen LogP contribution in [0.15, 0.2) is 18.2 Å². The van der Waals surface area contributed by atoms with Gasteiger partial charge >= 0.3 is 0 Å². The first-order valence-corrected chi connectivity index (χ1v) is 8.93. The molecule has 2 aliphatic rings. The zero-order valence-corrected chi connectivity index (χ0v) is 13.4. The molecule has 22 heavy (non-hydrogen) atoms. The number of carbonyl (C=O) groups is 1. The number of ether oxygens (including phenoxy) is 1. The lowest BCUT2D eigenvalue weighted by Gasteiger charge is -2.37. The van der Waals surface area contributed by atoms with Crippen molar-refractivity contribution in [3.63, 3.8) is 0 Å². The quantitative estimate of drug-likeness (QED) is 0.804. The minimum Gasteiger partial charge on any atom is -0.496 e. The van der Waals surface area contributed by atoms with E-state index in [4.69, 9.17) is 10.00 Å². The monoisotopic (exact) mass is 317 g/mol. The van der Waals surface area contributed by atoms with Gasteiger partial charge in [0.1, 0.15) is 5.75 Å². The summed E-state index contributed by atoms with van der Waals surface area (Å²) < 4.78 is 17.5. The number of carbonyl (C=O) groups excluding carboxylic acids is 1. The number of benzene rings is 1. The zero-order chi connectivity index (χ0) is 15.7. The molecule has 2 aliphatic heterocycles. The normalized spacial score (nSPS) is 30.4. The summed E-state index contributed by atoms with van der Waals surface area (Å²) in [4.78, 5) is 12.9. The number of Topliss-reactive ketones (excluding diaryl/α,β-unsaturated/α-hetero) is 1. The summed E-state index contributed by atoms with van der Waals surface area (Å²) >= 11 is 0. The summed E-state index contributed by atoms with van der Waals surface area (Å²) in [5.74, 6) is 0.444. The van der Waals surface area contributed by atoms with Crippen molar-refractivity contribution in [2.24, 2.45) is 5.92 Å². The van der Waals surface area contributed by atoms with Gasteiger partial charge in [-0.1, -0.05) is 6.42 Å². The standard InChI is InChI=1S/C17H19NO3S/c1-21-16-6-5-11(10-18)7-15(16)17(19)12-8-13-3-2-4-14(9-12)22(13)20/h5-7,12-14H,2-4,8-9H2,1H3. The van der Waals surface area contributed by atoms with E-state index in [0.717, 1.165) is 19.3 Å². The zero-order valence-electron chi connectivity index (χ0n) is 12.6. The molecule has 2 bridgehead atoms. The minimum absolute atomic E-state index is 0.0301. The molecule has 0 aliphatic carbocycles. The molecular formula is C17H19NO3S. The molecule has 2 saturated heterocycles. The summed E-state index contributed by atoms with van der Waals surface area (Å²) in [6.45, 7) is 0. The van der Waals surface area contributed by atoms with E-state index in [1.165, 1.54) is 7.11 Å². The molecule has 4 nitrogen and oxygen atoms in total. The third-order valence-corrected chi connectivity index (χ3v) is 6.94. The fourth-order valence-corrected chi connectivity index (χ4v) is 5.82. The molecule has 5 heteroatoms. The Balaban J connectivity index is 1.88. The summed E-state index contributed by atoms with van der Waals surface area (Å²) in [5.41, 5.74) is 0.945. The van der Waals surface area contributed by atoms with Crippen LogP contribution in [-0.4, -0.2) is 27.6 Å². The van der Waals surface area contributed by atoms with Gasteiger partial charge < -0.3 is 4.74 Å². The van der Waals surface area contributed by atoms with Crippen LogP contribution < -0.4 is 4.74 Å². The Labute approximate surface area is 132 Å². The molecule has 0 aromatic heterocycles. The van der Waals surface area contributed by atoms with Crippen molar-refractivity contribution in [2.75, 3.05) is 7.11 Å². The van der Waals surface area contributed by atoms with Crippen molar-refractivity contribution < 1.29 is 13.7 Å². The minimum atomic E-state index is -0.779. The number of hydrogen-bond acceptors (Lipinski definition) is 4. The van der Waals surface area contributed by atoms with Crippen LogP contribution in [0.1, 0.15) is 48.0 Å². The summed E-state index contributed by atoms with van der Waals surface area (Å²) in [6.07, 6.45) is 4.43. The van der Waals surface area contributed by atoms with E-state index in [1.54, 1.807) is 18.2 Å². The first-order chi connectivity index (χ1) is 10.6. The predicted octanol–water partition coefficient (Wildman–Crippen LogP) is 2.83. The Morgan fingerprint density at radius 1 is 1.32 bits per heavy atom. The topological polar surface area (TPSA) is 67.2 Å². The van der Waals surface area contributed by atoms with Crippen LogP contribution >= 0.6 is 0 Å². The predicted molar refractivity (Wildman–Crippen MR) is 84.3 cm³/mol. The Hall–Kier alpha value is -1.67. The largest absolute Gasteiger partial charge is 0.496 e. The van der Waals surface area contributed by atoms with Crippen molar-refractivity contribution in [3.8, 4) is 11.8 Å². The van der Waals surface area contributed by atoms with Gasteiger partial charge in [0, 0.05) is 27.2 Å². The third-order valence-electron chi connectivity index (χ3n) is 4.77. The van der Waals surface area contributed by atoms with Gasteiger partial charge in [-0.3, -0.25) is 9.00 Å². The van der Waals surface area contributed by atoms with E-state index in [1.807, 2.05) is 0 Å². The Bertz CT molecular complexity index is 648. The average Bonchev–Trinajstić information content (AvgIpc) is 2.53. The van der Waals surface area contributed by atoms with E-state index in [2.05, 4.69) is 6.07 Å². The molecule has 2 unspecified atom stereocenters. The number of nitrogens with zero attached hydrogens (tertiary/aromatic N) is 1. The van der Waals surface area contributed by atoms with Crippen LogP contribution in [0.3, 0.4) is 0 Å². The lowest BCUT2D eigenvalue weighted by atomic mass is 9.84. The van der Waals surface area contributed by atoms with Crippen molar-refractivity contribution in [3.05, 3.63) is 29.3 Å². The molecule has 2 heterocycles. The van der Waals surface area contributed by atoms with E-state index >= 15 is 0 Å². The second-order valence-electron chi connectivity index (χ2n) is 6.06. The second-order valence-corrected chi connectivity index (χ2v) is 8.05. The second kappa shape index (κ2) is 6.21. The first-order valence-electron chi connectivity index (χ1n) is 7.65. The Kier molecular flexibility index (Phi) is 4.30. The lowest BCUT2D eigenvalue weighted by molar-refractivity contribution is 0.0892.